The van der Waals surface area contributed by atoms with Gasteiger partial charge in [0, 0.05) is 38.4 Å². The van der Waals surface area contributed by atoms with E-state index < -0.39 is 0 Å². The number of rotatable bonds is 8. The molecule has 2 unspecified atom stereocenters. The standard InChI is InChI=1S/C24H31FN6O2/c1-17-27-30(24(32)31(17)22-14-26-28(2)15-22)11-3-10-29-20-8-9-21(29)13-23(12-20)33-16-18-4-6-19(25)7-5-18/h4-7,14-15,20-21,23H,3,8-13,16H2,1-2H3. The van der Waals surface area contributed by atoms with Crippen molar-refractivity contribution in [2.75, 3.05) is 6.54 Å². The lowest BCUT2D eigenvalue weighted by atomic mass is 9.99. The maximum Gasteiger partial charge on any atom is 0.350 e. The molecule has 4 heterocycles. The number of hydrogen-bond acceptors (Lipinski definition) is 5. The van der Waals surface area contributed by atoms with Gasteiger partial charge in [0.25, 0.3) is 0 Å². The third-order valence-corrected chi connectivity index (χ3v) is 6.98. The van der Waals surface area contributed by atoms with Crippen molar-refractivity contribution >= 4 is 0 Å². The zero-order valence-electron chi connectivity index (χ0n) is 19.2. The molecule has 2 bridgehead atoms. The molecule has 9 heteroatoms. The van der Waals surface area contributed by atoms with E-state index in [2.05, 4.69) is 15.1 Å². The molecule has 2 fully saturated rings. The van der Waals surface area contributed by atoms with E-state index in [1.54, 1.807) is 32.3 Å². The second-order valence-corrected chi connectivity index (χ2v) is 9.27. The Bertz CT molecular complexity index is 1140. The number of halogens is 1. The number of aryl methyl sites for hydroxylation is 3. The summed E-state index contributed by atoms with van der Waals surface area (Å²) < 4.78 is 24.1. The highest BCUT2D eigenvalue weighted by Crippen LogP contribution is 2.37. The van der Waals surface area contributed by atoms with Gasteiger partial charge in [-0.2, -0.15) is 10.2 Å². The SMILES string of the molecule is Cc1nn(CCCN2C3CCC2CC(OCc2ccc(F)cc2)C3)c(=O)n1-c1cnn(C)c1. The molecule has 5 rings (SSSR count). The highest BCUT2D eigenvalue weighted by Gasteiger charge is 2.40. The Morgan fingerprint density at radius 1 is 1.12 bits per heavy atom. The fraction of sp³-hybridized carbons (Fsp3) is 0.542. The zero-order valence-corrected chi connectivity index (χ0v) is 19.2. The quantitative estimate of drug-likeness (QED) is 0.524. The highest BCUT2D eigenvalue weighted by atomic mass is 19.1. The maximum absolute atomic E-state index is 13.1. The predicted octanol–water partition coefficient (Wildman–Crippen LogP) is 2.82. The van der Waals surface area contributed by atoms with Gasteiger partial charge in [-0.3, -0.25) is 9.58 Å². The van der Waals surface area contributed by atoms with Gasteiger partial charge in [0.1, 0.15) is 11.6 Å². The molecule has 8 nitrogen and oxygen atoms in total. The van der Waals surface area contributed by atoms with Gasteiger partial charge in [-0.15, -0.1) is 0 Å². The number of hydrogen-bond donors (Lipinski definition) is 0. The first-order valence-corrected chi connectivity index (χ1v) is 11.7. The van der Waals surface area contributed by atoms with Crippen molar-refractivity contribution in [1.29, 1.82) is 0 Å². The molecule has 2 aromatic heterocycles. The predicted molar refractivity (Wildman–Crippen MR) is 122 cm³/mol. The number of nitrogens with zero attached hydrogens (tertiary/aromatic N) is 6. The molecule has 2 saturated heterocycles. The molecule has 33 heavy (non-hydrogen) atoms. The number of piperidine rings is 1. The molecule has 2 aliphatic rings. The Labute approximate surface area is 192 Å². The van der Waals surface area contributed by atoms with E-state index in [1.165, 1.54) is 25.0 Å². The monoisotopic (exact) mass is 454 g/mol. The second kappa shape index (κ2) is 9.23. The molecule has 176 valence electrons. The van der Waals surface area contributed by atoms with Gasteiger partial charge >= 0.3 is 5.69 Å². The average Bonchev–Trinajstić information content (AvgIpc) is 3.41. The Hall–Kier alpha value is -2.78. The smallest absolute Gasteiger partial charge is 0.350 e. The van der Waals surface area contributed by atoms with Gasteiger partial charge < -0.3 is 4.74 Å². The molecule has 0 radical (unpaired) electrons. The second-order valence-electron chi connectivity index (χ2n) is 9.27. The summed E-state index contributed by atoms with van der Waals surface area (Å²) in [7, 11) is 1.83. The van der Waals surface area contributed by atoms with Gasteiger partial charge in [-0.25, -0.2) is 18.4 Å². The van der Waals surface area contributed by atoms with Gasteiger partial charge in [0.15, 0.2) is 0 Å². The van der Waals surface area contributed by atoms with Crippen molar-refractivity contribution in [3.8, 4) is 5.69 Å². The fourth-order valence-corrected chi connectivity index (χ4v) is 5.41. The maximum atomic E-state index is 13.1. The van der Waals surface area contributed by atoms with E-state index in [9.17, 15) is 9.18 Å². The molecule has 2 atom stereocenters. The lowest BCUT2D eigenvalue weighted by Crippen LogP contribution is -2.46. The first kappa shape index (κ1) is 22.0. The summed E-state index contributed by atoms with van der Waals surface area (Å²) in [5, 5.41) is 8.63. The molecule has 1 aromatic carbocycles. The highest BCUT2D eigenvalue weighted by molar-refractivity contribution is 5.26. The minimum Gasteiger partial charge on any atom is -0.373 e. The first-order chi connectivity index (χ1) is 16.0. The average molecular weight is 455 g/mol. The van der Waals surface area contributed by atoms with Crippen LogP contribution in [0.3, 0.4) is 0 Å². The normalized spacial score (nSPS) is 22.8. The fourth-order valence-electron chi connectivity index (χ4n) is 5.41. The summed E-state index contributed by atoms with van der Waals surface area (Å²) in [6.45, 7) is 3.95. The van der Waals surface area contributed by atoms with Crippen LogP contribution in [-0.4, -0.2) is 53.8 Å². The van der Waals surface area contributed by atoms with Crippen LogP contribution in [0.25, 0.3) is 5.69 Å². The third kappa shape index (κ3) is 4.65. The van der Waals surface area contributed by atoms with Crippen molar-refractivity contribution in [2.24, 2.45) is 7.05 Å². The number of fused-ring (bicyclic) bond motifs is 2. The van der Waals surface area contributed by atoms with Crippen molar-refractivity contribution in [3.63, 3.8) is 0 Å². The summed E-state index contributed by atoms with van der Waals surface area (Å²) in [5.41, 5.74) is 1.64. The van der Waals surface area contributed by atoms with Crippen LogP contribution in [0.4, 0.5) is 4.39 Å². The lowest BCUT2D eigenvalue weighted by molar-refractivity contribution is -0.0286. The van der Waals surface area contributed by atoms with E-state index in [-0.39, 0.29) is 17.6 Å². The minimum atomic E-state index is -0.216. The van der Waals surface area contributed by atoms with Crippen LogP contribution >= 0.6 is 0 Å². The minimum absolute atomic E-state index is 0.114. The largest absolute Gasteiger partial charge is 0.373 e. The summed E-state index contributed by atoms with van der Waals surface area (Å²) in [5.74, 6) is 0.457. The van der Waals surface area contributed by atoms with Gasteiger partial charge in [-0.05, 0) is 56.7 Å². The summed E-state index contributed by atoms with van der Waals surface area (Å²) in [4.78, 5) is 15.5. The first-order valence-electron chi connectivity index (χ1n) is 11.7. The number of aromatic nitrogens is 5. The molecule has 0 N–H and O–H groups in total. The van der Waals surface area contributed by atoms with Crippen molar-refractivity contribution in [2.45, 2.75) is 70.4 Å². The molecular formula is C24H31FN6O2. The molecule has 0 spiro atoms. The van der Waals surface area contributed by atoms with Crippen LogP contribution in [0.5, 0.6) is 0 Å². The van der Waals surface area contributed by atoms with Crippen molar-refractivity contribution in [3.05, 3.63) is 64.3 Å². The van der Waals surface area contributed by atoms with Crippen LogP contribution in [0.2, 0.25) is 0 Å². The molecule has 3 aromatic rings. The van der Waals surface area contributed by atoms with Crippen LogP contribution in [0.15, 0.2) is 41.5 Å². The Morgan fingerprint density at radius 2 is 1.85 bits per heavy atom. The molecular weight excluding hydrogens is 423 g/mol. The zero-order chi connectivity index (χ0) is 22.9. The third-order valence-electron chi connectivity index (χ3n) is 6.98. The van der Waals surface area contributed by atoms with Crippen LogP contribution in [0, 0.1) is 12.7 Å². The van der Waals surface area contributed by atoms with Crippen molar-refractivity contribution < 1.29 is 9.13 Å². The molecule has 2 aliphatic heterocycles. The van der Waals surface area contributed by atoms with Crippen LogP contribution in [0.1, 0.15) is 43.5 Å². The number of ether oxygens (including phenoxy) is 1. The summed E-state index contributed by atoms with van der Waals surface area (Å²) in [6.07, 6.45) is 9.12. The summed E-state index contributed by atoms with van der Waals surface area (Å²) >= 11 is 0. The Balaban J connectivity index is 1.14. The topological polar surface area (TPSA) is 70.1 Å². The Kier molecular flexibility index (Phi) is 6.16. The van der Waals surface area contributed by atoms with Crippen molar-refractivity contribution in [1.82, 2.24) is 29.0 Å². The molecule has 0 aliphatic carbocycles. The van der Waals surface area contributed by atoms with Gasteiger partial charge in [-0.1, -0.05) is 12.1 Å². The molecule has 0 amide bonds. The van der Waals surface area contributed by atoms with E-state index in [1.807, 2.05) is 20.2 Å². The Morgan fingerprint density at radius 3 is 2.52 bits per heavy atom. The number of benzene rings is 1. The summed E-state index contributed by atoms with van der Waals surface area (Å²) in [6, 6.07) is 7.62. The van der Waals surface area contributed by atoms with E-state index in [4.69, 9.17) is 4.74 Å². The lowest BCUT2D eigenvalue weighted by Gasteiger charge is -2.38. The molecule has 0 saturated carbocycles. The van der Waals surface area contributed by atoms with Gasteiger partial charge in [0.2, 0.25) is 0 Å². The van der Waals surface area contributed by atoms with E-state index >= 15 is 0 Å². The van der Waals surface area contributed by atoms with Gasteiger partial charge in [0.05, 0.1) is 24.6 Å². The van der Waals surface area contributed by atoms with E-state index in [0.29, 0.717) is 31.1 Å². The van der Waals surface area contributed by atoms with Crippen LogP contribution < -0.4 is 5.69 Å². The van der Waals surface area contributed by atoms with Crippen LogP contribution in [-0.2, 0) is 24.9 Å². The van der Waals surface area contributed by atoms with E-state index in [0.717, 1.165) is 37.1 Å².